The first kappa shape index (κ1) is 13.4. The third-order valence-electron chi connectivity index (χ3n) is 3.42. The number of carbonyl (C=O) groups excluding carboxylic acids is 1. The molecule has 1 atom stereocenters. The molecule has 1 aliphatic heterocycles. The molecule has 0 radical (unpaired) electrons. The fourth-order valence-corrected chi connectivity index (χ4v) is 2.28. The van der Waals surface area contributed by atoms with Gasteiger partial charge in [0.25, 0.3) is 0 Å². The molecule has 0 aliphatic carbocycles. The maximum Gasteiger partial charge on any atom is 0.326 e. The van der Waals surface area contributed by atoms with Crippen molar-refractivity contribution in [3.05, 3.63) is 29.8 Å². The monoisotopic (exact) mass is 262 g/mol. The van der Waals surface area contributed by atoms with Crippen LogP contribution in [0.4, 0.5) is 5.69 Å². The Morgan fingerprint density at radius 2 is 2.00 bits per heavy atom. The molecule has 0 saturated carbocycles. The number of amides is 1. The van der Waals surface area contributed by atoms with Crippen LogP contribution in [0.1, 0.15) is 18.4 Å². The number of likely N-dealkylation sites (tertiary alicyclic amines) is 1. The van der Waals surface area contributed by atoms with Crippen molar-refractivity contribution >= 4 is 17.6 Å². The molecule has 5 nitrogen and oxygen atoms in total. The van der Waals surface area contributed by atoms with Gasteiger partial charge < -0.3 is 14.9 Å². The van der Waals surface area contributed by atoms with Gasteiger partial charge in [-0.05, 0) is 24.1 Å². The Morgan fingerprint density at radius 3 is 2.53 bits per heavy atom. The van der Waals surface area contributed by atoms with E-state index in [0.717, 1.165) is 11.3 Å². The zero-order valence-electron chi connectivity index (χ0n) is 11.2. The number of aliphatic carboxylic acids is 1. The highest BCUT2D eigenvalue weighted by Gasteiger charge is 2.35. The maximum absolute atomic E-state index is 11.7. The molecular formula is C14H18N2O3. The van der Waals surface area contributed by atoms with Gasteiger partial charge in [-0.2, -0.15) is 0 Å². The van der Waals surface area contributed by atoms with Gasteiger partial charge in [-0.1, -0.05) is 12.1 Å². The number of nitrogens with zero attached hydrogens (tertiary/aromatic N) is 2. The lowest BCUT2D eigenvalue weighted by molar-refractivity contribution is -0.146. The van der Waals surface area contributed by atoms with Crippen molar-refractivity contribution in [2.45, 2.75) is 25.4 Å². The number of anilines is 1. The number of rotatable bonds is 4. The Kier molecular flexibility index (Phi) is 3.74. The molecule has 1 aromatic rings. The molecule has 1 heterocycles. The average molecular weight is 262 g/mol. The molecule has 1 fully saturated rings. The lowest BCUT2D eigenvalue weighted by atomic mass is 10.1. The molecule has 19 heavy (non-hydrogen) atoms. The molecule has 0 aromatic heterocycles. The van der Waals surface area contributed by atoms with Gasteiger partial charge in [-0.15, -0.1) is 0 Å². The summed E-state index contributed by atoms with van der Waals surface area (Å²) in [5, 5.41) is 9.10. The first-order chi connectivity index (χ1) is 8.99. The topological polar surface area (TPSA) is 60.9 Å². The third kappa shape index (κ3) is 2.86. The quantitative estimate of drug-likeness (QED) is 0.889. The minimum absolute atomic E-state index is 0.0795. The van der Waals surface area contributed by atoms with Crippen molar-refractivity contribution in [2.24, 2.45) is 0 Å². The van der Waals surface area contributed by atoms with Crippen molar-refractivity contribution in [3.8, 4) is 0 Å². The van der Waals surface area contributed by atoms with E-state index < -0.39 is 12.0 Å². The van der Waals surface area contributed by atoms with Crippen LogP contribution in [0.15, 0.2) is 24.3 Å². The predicted molar refractivity (Wildman–Crippen MR) is 72.0 cm³/mol. The van der Waals surface area contributed by atoms with Crippen LogP contribution in [-0.2, 0) is 16.1 Å². The van der Waals surface area contributed by atoms with Crippen LogP contribution in [0, 0.1) is 0 Å². The van der Waals surface area contributed by atoms with E-state index in [1.54, 1.807) is 0 Å². The van der Waals surface area contributed by atoms with Gasteiger partial charge in [0.1, 0.15) is 6.04 Å². The van der Waals surface area contributed by atoms with E-state index in [9.17, 15) is 9.59 Å². The van der Waals surface area contributed by atoms with Crippen molar-refractivity contribution in [2.75, 3.05) is 19.0 Å². The van der Waals surface area contributed by atoms with Crippen molar-refractivity contribution in [3.63, 3.8) is 0 Å². The van der Waals surface area contributed by atoms with Crippen LogP contribution in [0.5, 0.6) is 0 Å². The SMILES string of the molecule is CN(C)c1ccc(CN2C(=O)CC[C@@H]2C(=O)O)cc1. The Morgan fingerprint density at radius 1 is 1.37 bits per heavy atom. The average Bonchev–Trinajstić information content (AvgIpc) is 2.72. The first-order valence-corrected chi connectivity index (χ1v) is 6.27. The lowest BCUT2D eigenvalue weighted by Crippen LogP contribution is -2.37. The molecule has 1 aromatic carbocycles. The van der Waals surface area contributed by atoms with Gasteiger partial charge in [0.05, 0.1) is 0 Å². The van der Waals surface area contributed by atoms with E-state index >= 15 is 0 Å². The van der Waals surface area contributed by atoms with Crippen LogP contribution < -0.4 is 4.90 Å². The lowest BCUT2D eigenvalue weighted by Gasteiger charge is -2.22. The highest BCUT2D eigenvalue weighted by Crippen LogP contribution is 2.22. The van der Waals surface area contributed by atoms with E-state index in [1.807, 2.05) is 43.3 Å². The zero-order chi connectivity index (χ0) is 14.0. The van der Waals surface area contributed by atoms with E-state index in [-0.39, 0.29) is 5.91 Å². The number of carboxylic acids is 1. The number of hydrogen-bond acceptors (Lipinski definition) is 3. The van der Waals surface area contributed by atoms with E-state index in [4.69, 9.17) is 5.11 Å². The summed E-state index contributed by atoms with van der Waals surface area (Å²) in [4.78, 5) is 26.3. The maximum atomic E-state index is 11.7. The Bertz CT molecular complexity index is 482. The molecule has 1 N–H and O–H groups in total. The summed E-state index contributed by atoms with van der Waals surface area (Å²) in [5.74, 6) is -1.00. The number of carbonyl (C=O) groups is 2. The van der Waals surface area contributed by atoms with Gasteiger partial charge >= 0.3 is 5.97 Å². The molecule has 1 amide bonds. The molecule has 5 heteroatoms. The molecule has 102 valence electrons. The van der Waals surface area contributed by atoms with Crippen LogP contribution in [0.3, 0.4) is 0 Å². The van der Waals surface area contributed by atoms with E-state index in [1.165, 1.54) is 4.90 Å². The molecule has 1 aliphatic rings. The second-order valence-electron chi connectivity index (χ2n) is 4.98. The van der Waals surface area contributed by atoms with Crippen LogP contribution in [-0.4, -0.2) is 42.0 Å². The Labute approximate surface area is 112 Å². The highest BCUT2D eigenvalue weighted by molar-refractivity contribution is 5.87. The Balaban J connectivity index is 2.11. The molecule has 2 rings (SSSR count). The normalized spacial score (nSPS) is 18.7. The largest absolute Gasteiger partial charge is 0.480 e. The van der Waals surface area contributed by atoms with E-state index in [2.05, 4.69) is 0 Å². The molecule has 0 unspecified atom stereocenters. The molecule has 1 saturated heterocycles. The van der Waals surface area contributed by atoms with Gasteiger partial charge in [-0.3, -0.25) is 4.79 Å². The second kappa shape index (κ2) is 5.30. The van der Waals surface area contributed by atoms with Crippen LogP contribution in [0.2, 0.25) is 0 Å². The number of carboxylic acid groups (broad SMARTS) is 1. The summed E-state index contributed by atoms with van der Waals surface area (Å²) in [6.07, 6.45) is 0.733. The van der Waals surface area contributed by atoms with Gasteiger partial charge in [0, 0.05) is 32.7 Å². The molecule has 0 bridgehead atoms. The summed E-state index contributed by atoms with van der Waals surface area (Å²) in [6, 6.07) is 7.11. The molecular weight excluding hydrogens is 244 g/mol. The second-order valence-corrected chi connectivity index (χ2v) is 4.98. The standard InChI is InChI=1S/C14H18N2O3/c1-15(2)11-5-3-10(4-6-11)9-16-12(14(18)19)7-8-13(16)17/h3-6,12H,7-9H2,1-2H3,(H,18,19)/t12-/m1/s1. The number of benzene rings is 1. The predicted octanol–water partition coefficient (Wildman–Crippen LogP) is 1.33. The minimum atomic E-state index is -0.921. The Hall–Kier alpha value is -2.04. The smallest absolute Gasteiger partial charge is 0.326 e. The van der Waals surface area contributed by atoms with Crippen molar-refractivity contribution in [1.29, 1.82) is 0 Å². The van der Waals surface area contributed by atoms with Gasteiger partial charge in [-0.25, -0.2) is 4.79 Å². The summed E-state index contributed by atoms with van der Waals surface area (Å²) in [6.45, 7) is 0.365. The minimum Gasteiger partial charge on any atom is -0.480 e. The first-order valence-electron chi connectivity index (χ1n) is 6.27. The van der Waals surface area contributed by atoms with Crippen LogP contribution in [0.25, 0.3) is 0 Å². The van der Waals surface area contributed by atoms with Gasteiger partial charge in [0.2, 0.25) is 5.91 Å². The molecule has 0 spiro atoms. The van der Waals surface area contributed by atoms with Crippen LogP contribution >= 0.6 is 0 Å². The van der Waals surface area contributed by atoms with Gasteiger partial charge in [0.15, 0.2) is 0 Å². The summed E-state index contributed by atoms with van der Waals surface area (Å²) in [7, 11) is 3.92. The van der Waals surface area contributed by atoms with Crippen molar-refractivity contribution < 1.29 is 14.7 Å². The third-order valence-corrected chi connectivity index (χ3v) is 3.42. The number of hydrogen-bond donors (Lipinski definition) is 1. The van der Waals surface area contributed by atoms with Crippen molar-refractivity contribution in [1.82, 2.24) is 4.90 Å². The summed E-state index contributed by atoms with van der Waals surface area (Å²) < 4.78 is 0. The highest BCUT2D eigenvalue weighted by atomic mass is 16.4. The fraction of sp³-hybridized carbons (Fsp3) is 0.429. The fourth-order valence-electron chi connectivity index (χ4n) is 2.28. The summed E-state index contributed by atoms with van der Waals surface area (Å²) in [5.41, 5.74) is 2.03. The zero-order valence-corrected chi connectivity index (χ0v) is 11.2. The van der Waals surface area contributed by atoms with E-state index in [0.29, 0.717) is 19.4 Å². The summed E-state index contributed by atoms with van der Waals surface area (Å²) >= 11 is 0.